The van der Waals surface area contributed by atoms with Gasteiger partial charge in [-0.15, -0.1) is 0 Å². The zero-order chi connectivity index (χ0) is 14.8. The predicted octanol–water partition coefficient (Wildman–Crippen LogP) is 3.39. The number of amides is 1. The van der Waals surface area contributed by atoms with Crippen molar-refractivity contribution in [3.05, 3.63) is 58.9 Å². The smallest absolute Gasteiger partial charge is 0.266 e. The zero-order valence-corrected chi connectivity index (χ0v) is 12.5. The third-order valence-electron chi connectivity index (χ3n) is 2.96. The summed E-state index contributed by atoms with van der Waals surface area (Å²) >= 11 is 6.52. The number of benzene rings is 1. The van der Waals surface area contributed by atoms with Crippen molar-refractivity contribution in [1.29, 1.82) is 0 Å². The minimum absolute atomic E-state index is 0.130. The first-order valence-corrected chi connectivity index (χ1v) is 7.43. The van der Waals surface area contributed by atoms with Gasteiger partial charge in [0.05, 0.1) is 17.7 Å². The number of carbonyl (C=O) groups is 1. The average Bonchev–Trinajstić information content (AvgIpc) is 3.06. The van der Waals surface area contributed by atoms with Crippen molar-refractivity contribution >= 4 is 40.3 Å². The number of carbonyl (C=O) groups excluding carboxylic acids is 1. The summed E-state index contributed by atoms with van der Waals surface area (Å²) in [6, 6.07) is 10.2. The Balaban J connectivity index is 1.81. The van der Waals surface area contributed by atoms with Gasteiger partial charge >= 0.3 is 0 Å². The second-order valence-corrected chi connectivity index (χ2v) is 6.11. The lowest BCUT2D eigenvalue weighted by atomic mass is 10.2. The van der Waals surface area contributed by atoms with Crippen molar-refractivity contribution in [3.8, 4) is 5.75 Å². The van der Waals surface area contributed by atoms with Crippen LogP contribution in [0.2, 0.25) is 0 Å². The largest absolute Gasteiger partial charge is 0.508 e. The molecule has 0 saturated carbocycles. The Hall–Kier alpha value is -2.05. The normalized spacial score (nSPS) is 17.0. The van der Waals surface area contributed by atoms with Crippen LogP contribution in [0.1, 0.15) is 11.3 Å². The minimum Gasteiger partial charge on any atom is -0.508 e. The van der Waals surface area contributed by atoms with Gasteiger partial charge in [-0.3, -0.25) is 9.69 Å². The molecule has 2 aromatic rings. The Labute approximate surface area is 131 Å². The molecule has 1 N–H and O–H groups in total. The standard InChI is InChI=1S/C15H11NO3S2/c17-11-5-3-10(4-6-11)8-13-14(18)16(15(20)21-13)9-12-2-1-7-19-12/h1-8,17H,9H2/b13-8-. The number of thiocarbonyl (C=S) groups is 1. The molecule has 106 valence electrons. The highest BCUT2D eigenvalue weighted by molar-refractivity contribution is 8.26. The maximum Gasteiger partial charge on any atom is 0.266 e. The van der Waals surface area contributed by atoms with E-state index in [9.17, 15) is 9.90 Å². The molecule has 0 spiro atoms. The summed E-state index contributed by atoms with van der Waals surface area (Å²) in [5, 5.41) is 9.27. The van der Waals surface area contributed by atoms with Gasteiger partial charge in [0.25, 0.3) is 5.91 Å². The molecule has 0 atom stereocenters. The van der Waals surface area contributed by atoms with Gasteiger partial charge in [0.1, 0.15) is 15.8 Å². The van der Waals surface area contributed by atoms with Crippen LogP contribution in [0.5, 0.6) is 5.75 Å². The third-order valence-corrected chi connectivity index (χ3v) is 4.34. The highest BCUT2D eigenvalue weighted by Gasteiger charge is 2.32. The van der Waals surface area contributed by atoms with Crippen LogP contribution in [-0.4, -0.2) is 20.2 Å². The van der Waals surface area contributed by atoms with E-state index in [4.69, 9.17) is 16.6 Å². The molecule has 6 heteroatoms. The SMILES string of the molecule is O=C1/C(=C/c2ccc(O)cc2)SC(=S)N1Cc1ccco1. The molecule has 1 fully saturated rings. The maximum atomic E-state index is 12.4. The summed E-state index contributed by atoms with van der Waals surface area (Å²) in [7, 11) is 0. The second-order valence-electron chi connectivity index (χ2n) is 4.44. The molecule has 1 aliphatic rings. The van der Waals surface area contributed by atoms with E-state index in [1.165, 1.54) is 16.7 Å². The Bertz CT molecular complexity index is 705. The minimum atomic E-state index is -0.130. The molecule has 4 nitrogen and oxygen atoms in total. The number of hydrogen-bond acceptors (Lipinski definition) is 5. The number of phenols is 1. The fourth-order valence-corrected chi connectivity index (χ4v) is 3.17. The van der Waals surface area contributed by atoms with E-state index in [1.807, 2.05) is 6.07 Å². The molecule has 1 saturated heterocycles. The van der Waals surface area contributed by atoms with E-state index in [0.29, 0.717) is 21.5 Å². The Morgan fingerprint density at radius 3 is 2.71 bits per heavy atom. The summed E-state index contributed by atoms with van der Waals surface area (Å²) in [5.41, 5.74) is 0.839. The number of furan rings is 1. The van der Waals surface area contributed by atoms with E-state index in [-0.39, 0.29) is 11.7 Å². The highest BCUT2D eigenvalue weighted by Crippen LogP contribution is 2.33. The van der Waals surface area contributed by atoms with Crippen LogP contribution in [-0.2, 0) is 11.3 Å². The van der Waals surface area contributed by atoms with Gasteiger partial charge in [-0.2, -0.15) is 0 Å². The van der Waals surface area contributed by atoms with Crippen molar-refractivity contribution in [2.75, 3.05) is 0 Å². The predicted molar refractivity (Wildman–Crippen MR) is 85.5 cm³/mol. The molecule has 1 aromatic carbocycles. The van der Waals surface area contributed by atoms with Crippen LogP contribution in [0, 0.1) is 0 Å². The van der Waals surface area contributed by atoms with Crippen LogP contribution in [0.3, 0.4) is 0 Å². The number of aromatic hydroxyl groups is 1. The second kappa shape index (κ2) is 5.75. The first-order valence-electron chi connectivity index (χ1n) is 6.20. The molecule has 1 aliphatic heterocycles. The summed E-state index contributed by atoms with van der Waals surface area (Å²) in [6.45, 7) is 0.338. The molecule has 0 radical (unpaired) electrons. The summed E-state index contributed by atoms with van der Waals surface area (Å²) in [5.74, 6) is 0.754. The topological polar surface area (TPSA) is 53.7 Å². The number of thioether (sulfide) groups is 1. The molecule has 1 amide bonds. The fraction of sp³-hybridized carbons (Fsp3) is 0.0667. The van der Waals surface area contributed by atoms with Crippen molar-refractivity contribution in [1.82, 2.24) is 4.90 Å². The van der Waals surface area contributed by atoms with E-state index in [1.54, 1.807) is 42.7 Å². The number of phenolic OH excluding ortho intramolecular Hbond substituents is 1. The van der Waals surface area contributed by atoms with E-state index >= 15 is 0 Å². The van der Waals surface area contributed by atoms with Gasteiger partial charge in [-0.1, -0.05) is 36.1 Å². The van der Waals surface area contributed by atoms with Gasteiger partial charge in [0.15, 0.2) is 0 Å². The molecular formula is C15H11NO3S2. The number of rotatable bonds is 3. The van der Waals surface area contributed by atoms with Gasteiger partial charge in [0, 0.05) is 0 Å². The van der Waals surface area contributed by atoms with Crippen molar-refractivity contribution in [2.45, 2.75) is 6.54 Å². The molecular weight excluding hydrogens is 306 g/mol. The van der Waals surface area contributed by atoms with Crippen molar-refractivity contribution in [3.63, 3.8) is 0 Å². The molecule has 3 rings (SSSR count). The molecule has 0 unspecified atom stereocenters. The van der Waals surface area contributed by atoms with Crippen LogP contribution in [0.4, 0.5) is 0 Å². The molecule has 1 aromatic heterocycles. The molecule has 2 heterocycles. The van der Waals surface area contributed by atoms with E-state index < -0.39 is 0 Å². The van der Waals surface area contributed by atoms with Crippen molar-refractivity contribution in [2.24, 2.45) is 0 Å². The monoisotopic (exact) mass is 317 g/mol. The lowest BCUT2D eigenvalue weighted by Crippen LogP contribution is -2.27. The van der Waals surface area contributed by atoms with Gasteiger partial charge in [0.2, 0.25) is 0 Å². The van der Waals surface area contributed by atoms with Crippen LogP contribution in [0.15, 0.2) is 52.0 Å². The number of hydrogen-bond donors (Lipinski definition) is 1. The average molecular weight is 317 g/mol. The Morgan fingerprint density at radius 2 is 2.05 bits per heavy atom. The Kier molecular flexibility index (Phi) is 3.81. The maximum absolute atomic E-state index is 12.4. The van der Waals surface area contributed by atoms with Crippen molar-refractivity contribution < 1.29 is 14.3 Å². The summed E-state index contributed by atoms with van der Waals surface area (Å²) < 4.78 is 5.76. The quantitative estimate of drug-likeness (QED) is 0.695. The van der Waals surface area contributed by atoms with Crippen LogP contribution in [0.25, 0.3) is 6.08 Å². The first-order chi connectivity index (χ1) is 10.1. The molecule has 21 heavy (non-hydrogen) atoms. The summed E-state index contributed by atoms with van der Waals surface area (Å²) in [4.78, 5) is 14.5. The zero-order valence-electron chi connectivity index (χ0n) is 10.9. The van der Waals surface area contributed by atoms with E-state index in [2.05, 4.69) is 0 Å². The lowest BCUT2D eigenvalue weighted by molar-refractivity contribution is -0.122. The van der Waals surface area contributed by atoms with E-state index in [0.717, 1.165) is 5.56 Å². The highest BCUT2D eigenvalue weighted by atomic mass is 32.2. The molecule has 0 aliphatic carbocycles. The first kappa shape index (κ1) is 13.9. The molecule has 0 bridgehead atoms. The van der Waals surface area contributed by atoms with Gasteiger partial charge < -0.3 is 9.52 Å². The Morgan fingerprint density at radius 1 is 1.29 bits per heavy atom. The van der Waals surface area contributed by atoms with Crippen LogP contribution < -0.4 is 0 Å². The fourth-order valence-electron chi connectivity index (χ4n) is 1.92. The summed E-state index contributed by atoms with van der Waals surface area (Å²) in [6.07, 6.45) is 3.33. The van der Waals surface area contributed by atoms with Crippen LogP contribution >= 0.6 is 24.0 Å². The lowest BCUT2D eigenvalue weighted by Gasteiger charge is -2.11. The van der Waals surface area contributed by atoms with Gasteiger partial charge in [-0.05, 0) is 35.9 Å². The van der Waals surface area contributed by atoms with Gasteiger partial charge in [-0.25, -0.2) is 0 Å². The number of nitrogens with zero attached hydrogens (tertiary/aromatic N) is 1. The third kappa shape index (κ3) is 3.01.